The molecule has 0 unspecified atom stereocenters. The topological polar surface area (TPSA) is 59.3 Å². The number of rotatable bonds is 3. The number of amides is 1. The molecule has 0 aliphatic carbocycles. The molecule has 6 heteroatoms. The van der Waals surface area contributed by atoms with Crippen molar-refractivity contribution in [3.63, 3.8) is 0 Å². The van der Waals surface area contributed by atoms with Crippen LogP contribution in [0.3, 0.4) is 0 Å². The molecule has 3 rings (SSSR count). The number of carbonyl (C=O) groups is 1. The number of fused-ring (bicyclic) bond motifs is 1. The molecule has 1 N–H and O–H groups in total. The Labute approximate surface area is 120 Å². The van der Waals surface area contributed by atoms with Crippen LogP contribution in [-0.2, 0) is 6.54 Å². The third-order valence-corrected chi connectivity index (χ3v) is 3.22. The Hall–Kier alpha value is -2.40. The summed E-state index contributed by atoms with van der Waals surface area (Å²) in [6.45, 7) is 0.337. The van der Waals surface area contributed by atoms with Crippen molar-refractivity contribution in [1.29, 1.82) is 0 Å². The van der Waals surface area contributed by atoms with Gasteiger partial charge in [0.1, 0.15) is 0 Å². The lowest BCUT2D eigenvalue weighted by Gasteiger charge is -2.02. The van der Waals surface area contributed by atoms with Crippen LogP contribution in [-0.4, -0.2) is 20.5 Å². The lowest BCUT2D eigenvalue weighted by Crippen LogP contribution is -2.24. The standard InChI is InChI=1S/C14H11ClN4O/c15-12-11-6-2-4-8-19(11)18-13(12)14(20)17-9-10-5-1-3-7-16-10/h1-8H,9H2,(H,17,20). The van der Waals surface area contributed by atoms with Gasteiger partial charge in [0.25, 0.3) is 5.91 Å². The number of pyridine rings is 2. The van der Waals surface area contributed by atoms with Crippen LogP contribution >= 0.6 is 11.6 Å². The van der Waals surface area contributed by atoms with Crippen molar-refractivity contribution in [3.8, 4) is 0 Å². The van der Waals surface area contributed by atoms with Gasteiger partial charge in [0.15, 0.2) is 5.69 Å². The number of nitrogens with zero attached hydrogens (tertiary/aromatic N) is 3. The lowest BCUT2D eigenvalue weighted by molar-refractivity contribution is 0.0945. The van der Waals surface area contributed by atoms with E-state index in [4.69, 9.17) is 11.6 Å². The molecule has 20 heavy (non-hydrogen) atoms. The number of halogens is 1. The molecule has 5 nitrogen and oxygen atoms in total. The zero-order valence-electron chi connectivity index (χ0n) is 10.5. The Balaban J connectivity index is 1.81. The minimum absolute atomic E-state index is 0.216. The van der Waals surface area contributed by atoms with Crippen LogP contribution in [0.1, 0.15) is 16.2 Å². The van der Waals surface area contributed by atoms with Crippen molar-refractivity contribution in [2.75, 3.05) is 0 Å². The fourth-order valence-electron chi connectivity index (χ4n) is 1.87. The molecule has 3 aromatic rings. The largest absolute Gasteiger partial charge is 0.345 e. The van der Waals surface area contributed by atoms with Crippen LogP contribution in [0.4, 0.5) is 0 Å². The fraction of sp³-hybridized carbons (Fsp3) is 0.0714. The molecule has 0 radical (unpaired) electrons. The Bertz CT molecular complexity index is 754. The molecule has 1 amide bonds. The van der Waals surface area contributed by atoms with Crippen molar-refractivity contribution in [3.05, 3.63) is 65.2 Å². The number of carbonyl (C=O) groups excluding carboxylic acids is 1. The summed E-state index contributed by atoms with van der Waals surface area (Å²) in [7, 11) is 0. The summed E-state index contributed by atoms with van der Waals surface area (Å²) >= 11 is 6.17. The summed E-state index contributed by atoms with van der Waals surface area (Å²) in [4.78, 5) is 16.2. The summed E-state index contributed by atoms with van der Waals surface area (Å²) in [6.07, 6.45) is 3.43. The second kappa shape index (κ2) is 5.30. The molecule has 0 aliphatic rings. The summed E-state index contributed by atoms with van der Waals surface area (Å²) < 4.78 is 1.58. The molecular formula is C14H11ClN4O. The van der Waals surface area contributed by atoms with E-state index in [1.165, 1.54) is 0 Å². The summed E-state index contributed by atoms with van der Waals surface area (Å²) in [5, 5.41) is 7.28. The molecule has 3 heterocycles. The molecule has 0 saturated heterocycles. The SMILES string of the molecule is O=C(NCc1ccccn1)c1nn2ccccc2c1Cl. The van der Waals surface area contributed by atoms with Crippen LogP contribution in [0.5, 0.6) is 0 Å². The van der Waals surface area contributed by atoms with E-state index in [0.29, 0.717) is 17.1 Å². The number of hydrogen-bond donors (Lipinski definition) is 1. The van der Waals surface area contributed by atoms with Gasteiger partial charge in [-0.2, -0.15) is 5.10 Å². The molecule has 0 spiro atoms. The first-order valence-electron chi connectivity index (χ1n) is 6.06. The van der Waals surface area contributed by atoms with E-state index >= 15 is 0 Å². The first kappa shape index (κ1) is 12.6. The zero-order chi connectivity index (χ0) is 13.9. The molecule has 100 valence electrons. The Morgan fingerprint density at radius 3 is 2.85 bits per heavy atom. The highest BCUT2D eigenvalue weighted by atomic mass is 35.5. The van der Waals surface area contributed by atoms with Gasteiger partial charge in [0.05, 0.1) is 22.8 Å². The Morgan fingerprint density at radius 2 is 2.10 bits per heavy atom. The maximum Gasteiger partial charge on any atom is 0.273 e. The summed E-state index contributed by atoms with van der Waals surface area (Å²) in [5.41, 5.74) is 1.70. The second-order valence-electron chi connectivity index (χ2n) is 4.20. The Kier molecular flexibility index (Phi) is 3.35. The lowest BCUT2D eigenvalue weighted by atomic mass is 10.3. The maximum absolute atomic E-state index is 12.1. The van der Waals surface area contributed by atoms with Crippen LogP contribution in [0.15, 0.2) is 48.8 Å². The normalized spacial score (nSPS) is 10.7. The van der Waals surface area contributed by atoms with Crippen molar-refractivity contribution < 1.29 is 4.79 Å². The highest BCUT2D eigenvalue weighted by Gasteiger charge is 2.17. The third kappa shape index (κ3) is 2.35. The van der Waals surface area contributed by atoms with Crippen LogP contribution in [0.2, 0.25) is 5.02 Å². The Morgan fingerprint density at radius 1 is 1.25 bits per heavy atom. The molecule has 0 atom stereocenters. The van der Waals surface area contributed by atoms with Gasteiger partial charge in [-0.15, -0.1) is 0 Å². The van der Waals surface area contributed by atoms with E-state index in [0.717, 1.165) is 5.69 Å². The highest BCUT2D eigenvalue weighted by molar-refractivity contribution is 6.36. The molecule has 3 aromatic heterocycles. The molecular weight excluding hydrogens is 276 g/mol. The minimum Gasteiger partial charge on any atom is -0.345 e. The summed E-state index contributed by atoms with van der Waals surface area (Å²) in [6, 6.07) is 11.0. The van der Waals surface area contributed by atoms with Gasteiger partial charge in [0, 0.05) is 12.4 Å². The van der Waals surface area contributed by atoms with Gasteiger partial charge in [-0.05, 0) is 24.3 Å². The van der Waals surface area contributed by atoms with Gasteiger partial charge < -0.3 is 5.32 Å². The van der Waals surface area contributed by atoms with Gasteiger partial charge in [0.2, 0.25) is 0 Å². The zero-order valence-corrected chi connectivity index (χ0v) is 11.2. The van der Waals surface area contributed by atoms with E-state index in [-0.39, 0.29) is 11.6 Å². The predicted molar refractivity (Wildman–Crippen MR) is 75.6 cm³/mol. The predicted octanol–water partition coefficient (Wildman–Crippen LogP) is 2.31. The van der Waals surface area contributed by atoms with Crippen LogP contribution in [0.25, 0.3) is 5.52 Å². The average Bonchev–Trinajstić information content (AvgIpc) is 2.84. The van der Waals surface area contributed by atoms with Gasteiger partial charge in [-0.3, -0.25) is 9.78 Å². The molecule has 0 bridgehead atoms. The number of aromatic nitrogens is 3. The molecule has 0 saturated carbocycles. The average molecular weight is 287 g/mol. The van der Waals surface area contributed by atoms with Crippen molar-refractivity contribution >= 4 is 23.0 Å². The smallest absolute Gasteiger partial charge is 0.273 e. The maximum atomic E-state index is 12.1. The van der Waals surface area contributed by atoms with Gasteiger partial charge >= 0.3 is 0 Å². The molecule has 0 fully saturated rings. The monoisotopic (exact) mass is 286 g/mol. The van der Waals surface area contributed by atoms with Gasteiger partial charge in [-0.25, -0.2) is 4.52 Å². The second-order valence-corrected chi connectivity index (χ2v) is 4.57. The van der Waals surface area contributed by atoms with Crippen LogP contribution < -0.4 is 5.32 Å². The minimum atomic E-state index is -0.315. The fourth-order valence-corrected chi connectivity index (χ4v) is 2.14. The first-order valence-corrected chi connectivity index (χ1v) is 6.44. The van der Waals surface area contributed by atoms with E-state index in [2.05, 4.69) is 15.4 Å². The third-order valence-electron chi connectivity index (χ3n) is 2.85. The van der Waals surface area contributed by atoms with E-state index in [9.17, 15) is 4.79 Å². The van der Waals surface area contributed by atoms with Crippen molar-refractivity contribution in [2.24, 2.45) is 0 Å². The number of nitrogens with one attached hydrogen (secondary N) is 1. The summed E-state index contributed by atoms with van der Waals surface area (Å²) in [5.74, 6) is -0.315. The van der Waals surface area contributed by atoms with E-state index < -0.39 is 0 Å². The first-order chi connectivity index (χ1) is 9.75. The van der Waals surface area contributed by atoms with Crippen LogP contribution in [0, 0.1) is 0 Å². The molecule has 0 aliphatic heterocycles. The van der Waals surface area contributed by atoms with Crippen molar-refractivity contribution in [2.45, 2.75) is 6.54 Å². The van der Waals surface area contributed by atoms with Crippen molar-refractivity contribution in [1.82, 2.24) is 19.9 Å². The van der Waals surface area contributed by atoms with E-state index in [1.54, 1.807) is 16.9 Å². The van der Waals surface area contributed by atoms with E-state index in [1.807, 2.05) is 36.4 Å². The van der Waals surface area contributed by atoms with Gasteiger partial charge in [-0.1, -0.05) is 23.7 Å². The quantitative estimate of drug-likeness (QED) is 0.804. The number of hydrogen-bond acceptors (Lipinski definition) is 3. The highest BCUT2D eigenvalue weighted by Crippen LogP contribution is 2.21. The molecule has 0 aromatic carbocycles.